The summed E-state index contributed by atoms with van der Waals surface area (Å²) in [5, 5.41) is 19.0. The number of para-hydroxylation sites is 1. The fourth-order valence-corrected chi connectivity index (χ4v) is 2.00. The van der Waals surface area contributed by atoms with Crippen LogP contribution in [0, 0.1) is 11.3 Å². The highest BCUT2D eigenvalue weighted by Crippen LogP contribution is 2.37. The lowest BCUT2D eigenvalue weighted by atomic mass is 9.77. The van der Waals surface area contributed by atoms with Crippen LogP contribution in [0.3, 0.4) is 0 Å². The quantitative estimate of drug-likeness (QED) is 0.822. The molecule has 0 atom stereocenters. The number of nitrogens with zero attached hydrogens (tertiary/aromatic N) is 1. The number of nitriles is 1. The average molecular weight is 259 g/mol. The maximum atomic E-state index is 10.2. The summed E-state index contributed by atoms with van der Waals surface area (Å²) < 4.78 is 11.8. The Morgan fingerprint density at radius 1 is 1.21 bits per heavy atom. The molecule has 1 aromatic carbocycles. The zero-order valence-corrected chi connectivity index (χ0v) is 11.7. The van der Waals surface area contributed by atoms with E-state index < -0.39 is 18.3 Å². The molecule has 0 saturated carbocycles. The van der Waals surface area contributed by atoms with Gasteiger partial charge in [0.15, 0.2) is 0 Å². The molecule has 4 nitrogen and oxygen atoms in total. The molecular weight excluding hydrogens is 241 g/mol. The third-order valence-electron chi connectivity index (χ3n) is 3.93. The Kier molecular flexibility index (Phi) is 3.33. The van der Waals surface area contributed by atoms with E-state index in [1.54, 1.807) is 18.2 Å². The topological polar surface area (TPSA) is 62.5 Å². The molecule has 0 spiro atoms. The predicted octanol–water partition coefficient (Wildman–Crippen LogP) is 1.76. The Labute approximate surface area is 114 Å². The molecule has 5 heteroatoms. The van der Waals surface area contributed by atoms with Gasteiger partial charge in [0.25, 0.3) is 0 Å². The van der Waals surface area contributed by atoms with Crippen molar-refractivity contribution >= 4 is 12.6 Å². The van der Waals surface area contributed by atoms with Crippen LogP contribution < -0.4 is 5.46 Å². The summed E-state index contributed by atoms with van der Waals surface area (Å²) >= 11 is 0. The Balaban J connectivity index is 2.35. The lowest BCUT2D eigenvalue weighted by Crippen LogP contribution is -2.41. The number of rotatable bonds is 2. The number of hydrogen-bond acceptors (Lipinski definition) is 4. The van der Waals surface area contributed by atoms with Crippen LogP contribution in [0.25, 0.3) is 0 Å². The summed E-state index contributed by atoms with van der Waals surface area (Å²) in [4.78, 5) is 0. The molecule has 0 aromatic heterocycles. The molecule has 1 aliphatic heterocycles. The van der Waals surface area contributed by atoms with Crippen LogP contribution in [0.5, 0.6) is 5.75 Å². The van der Waals surface area contributed by atoms with Crippen molar-refractivity contribution < 1.29 is 14.4 Å². The summed E-state index contributed by atoms with van der Waals surface area (Å²) in [6, 6.07) is 7.32. The van der Waals surface area contributed by atoms with Crippen LogP contribution in [0.1, 0.15) is 33.3 Å². The first-order chi connectivity index (χ1) is 8.78. The van der Waals surface area contributed by atoms with Crippen LogP contribution in [0.2, 0.25) is 0 Å². The molecule has 0 radical (unpaired) electrons. The molecule has 2 rings (SSSR count). The second-order valence-electron chi connectivity index (χ2n) is 5.78. The molecule has 0 amide bonds. The van der Waals surface area contributed by atoms with E-state index in [0.717, 1.165) is 0 Å². The highest BCUT2D eigenvalue weighted by molar-refractivity contribution is 6.63. The van der Waals surface area contributed by atoms with E-state index in [9.17, 15) is 5.11 Å². The summed E-state index contributed by atoms with van der Waals surface area (Å²) in [7, 11) is -0.608. The number of benzene rings is 1. The van der Waals surface area contributed by atoms with Gasteiger partial charge in [-0.15, -0.1) is 0 Å². The smallest absolute Gasteiger partial charge is 0.498 e. The van der Waals surface area contributed by atoms with Crippen LogP contribution in [0.15, 0.2) is 18.2 Å². The van der Waals surface area contributed by atoms with Crippen molar-refractivity contribution in [2.45, 2.75) is 45.3 Å². The van der Waals surface area contributed by atoms with Gasteiger partial charge in [-0.05, 0) is 27.7 Å². The summed E-state index contributed by atoms with van der Waals surface area (Å²) in [5.74, 6) is 0.0857. The second-order valence-corrected chi connectivity index (χ2v) is 5.78. The number of aromatic hydroxyl groups is 1. The summed E-state index contributed by atoms with van der Waals surface area (Å²) in [6.07, 6.45) is 0.166. The van der Waals surface area contributed by atoms with Crippen LogP contribution in [-0.2, 0) is 15.7 Å². The zero-order chi connectivity index (χ0) is 14.3. The highest BCUT2D eigenvalue weighted by Gasteiger charge is 2.52. The van der Waals surface area contributed by atoms with E-state index in [2.05, 4.69) is 0 Å². The number of phenols is 1. The van der Waals surface area contributed by atoms with Crippen molar-refractivity contribution in [3.05, 3.63) is 23.8 Å². The van der Waals surface area contributed by atoms with Gasteiger partial charge >= 0.3 is 7.12 Å². The van der Waals surface area contributed by atoms with Gasteiger partial charge < -0.3 is 14.4 Å². The first-order valence-corrected chi connectivity index (χ1v) is 6.32. The van der Waals surface area contributed by atoms with Crippen LogP contribution in [-0.4, -0.2) is 23.4 Å². The van der Waals surface area contributed by atoms with E-state index in [4.69, 9.17) is 14.6 Å². The molecule has 1 aliphatic rings. The van der Waals surface area contributed by atoms with E-state index in [-0.39, 0.29) is 12.2 Å². The van der Waals surface area contributed by atoms with Crippen molar-refractivity contribution in [1.82, 2.24) is 0 Å². The van der Waals surface area contributed by atoms with E-state index >= 15 is 0 Å². The summed E-state index contributed by atoms with van der Waals surface area (Å²) in [6.45, 7) is 7.85. The van der Waals surface area contributed by atoms with Gasteiger partial charge in [-0.25, -0.2) is 0 Å². The molecule has 1 N–H and O–H groups in total. The maximum absolute atomic E-state index is 10.2. The van der Waals surface area contributed by atoms with Crippen LogP contribution in [0.4, 0.5) is 0 Å². The molecule has 0 bridgehead atoms. The first kappa shape index (κ1) is 13.9. The van der Waals surface area contributed by atoms with Crippen molar-refractivity contribution in [2.75, 3.05) is 0 Å². The normalized spacial score (nSPS) is 20.3. The number of hydrogen-bond donors (Lipinski definition) is 1. The maximum Gasteiger partial charge on any atom is 0.498 e. The lowest BCUT2D eigenvalue weighted by molar-refractivity contribution is 0.00578. The van der Waals surface area contributed by atoms with Gasteiger partial charge in [0, 0.05) is 11.0 Å². The Hall–Kier alpha value is -1.51. The Morgan fingerprint density at radius 3 is 2.32 bits per heavy atom. The van der Waals surface area contributed by atoms with Crippen molar-refractivity contribution in [2.24, 2.45) is 0 Å². The Bertz CT molecular complexity index is 518. The highest BCUT2D eigenvalue weighted by atomic mass is 16.7. The molecule has 1 fully saturated rings. The molecule has 0 unspecified atom stereocenters. The molecular formula is C14H18BNO3. The first-order valence-electron chi connectivity index (χ1n) is 6.32. The Morgan fingerprint density at radius 2 is 1.79 bits per heavy atom. The largest absolute Gasteiger partial charge is 0.508 e. The van der Waals surface area contributed by atoms with Crippen molar-refractivity contribution in [1.29, 1.82) is 5.26 Å². The van der Waals surface area contributed by atoms with Gasteiger partial charge in [0.2, 0.25) is 0 Å². The van der Waals surface area contributed by atoms with Crippen molar-refractivity contribution in [3.8, 4) is 11.8 Å². The fraction of sp³-hybridized carbons (Fsp3) is 0.500. The molecule has 1 saturated heterocycles. The van der Waals surface area contributed by atoms with Gasteiger partial charge in [-0.2, -0.15) is 5.26 Å². The van der Waals surface area contributed by atoms with E-state index in [1.165, 1.54) is 0 Å². The van der Waals surface area contributed by atoms with Gasteiger partial charge in [0.05, 0.1) is 23.7 Å². The van der Waals surface area contributed by atoms with Crippen molar-refractivity contribution in [3.63, 3.8) is 0 Å². The number of phenolic OH excluding ortho intramolecular Hbond substituents is 1. The standard InChI is InChI=1S/C14H18BNO3/c1-13(2)14(3,4)19-15(18-13)11-7-5-6-10(8-9-16)12(11)17/h5-7,17H,8H2,1-4H3. The molecule has 100 valence electrons. The minimum absolute atomic E-state index is 0.0857. The van der Waals surface area contributed by atoms with E-state index in [0.29, 0.717) is 11.0 Å². The minimum Gasteiger partial charge on any atom is -0.508 e. The third kappa shape index (κ3) is 2.34. The third-order valence-corrected chi connectivity index (χ3v) is 3.93. The van der Waals surface area contributed by atoms with Gasteiger partial charge in [-0.3, -0.25) is 0 Å². The van der Waals surface area contributed by atoms with Gasteiger partial charge in [0.1, 0.15) is 5.75 Å². The second kappa shape index (κ2) is 4.55. The SMILES string of the molecule is CC1(C)OB(c2cccc(CC#N)c2O)OC1(C)C. The molecule has 0 aliphatic carbocycles. The fourth-order valence-electron chi connectivity index (χ4n) is 2.00. The summed E-state index contributed by atoms with van der Waals surface area (Å²) in [5.41, 5.74) is 0.270. The minimum atomic E-state index is -0.608. The molecule has 19 heavy (non-hydrogen) atoms. The van der Waals surface area contributed by atoms with Crippen LogP contribution >= 0.6 is 0 Å². The monoisotopic (exact) mass is 259 g/mol. The van der Waals surface area contributed by atoms with E-state index in [1.807, 2.05) is 33.8 Å². The van der Waals surface area contributed by atoms with Gasteiger partial charge in [-0.1, -0.05) is 18.2 Å². The zero-order valence-electron chi connectivity index (χ0n) is 11.7. The average Bonchev–Trinajstić information content (AvgIpc) is 2.51. The lowest BCUT2D eigenvalue weighted by Gasteiger charge is -2.32. The predicted molar refractivity (Wildman–Crippen MR) is 73.1 cm³/mol. The molecule has 1 heterocycles. The molecule has 1 aromatic rings.